The number of likely N-dealkylation sites (tertiary alicyclic amines) is 6. The van der Waals surface area contributed by atoms with Crippen molar-refractivity contribution in [3.63, 3.8) is 0 Å². The molecule has 8 heterocycles. The number of methoxy groups -OCH3 is 3. The first-order valence-corrected chi connectivity index (χ1v) is 38.5. The van der Waals surface area contributed by atoms with Crippen LogP contribution < -0.4 is 0 Å². The van der Waals surface area contributed by atoms with E-state index in [0.717, 1.165) is 85.1 Å². The second-order valence-corrected chi connectivity index (χ2v) is 39.7. The van der Waals surface area contributed by atoms with Crippen LogP contribution in [0.1, 0.15) is 230 Å². The SMILES string of the molecule is CC(C)(C)CN1CCC(O)CC1.CC(C)(C)CN1CCCC1.CC(C)(C)CN1CCOCC1.CN1CCC(OCC(C)(C)C)C1.CN1CCN(CC(C)(C)C)CC1.COC1CCN(CC(C)(C)C)C1.COC1CCN(CC(C)(C)C)CC1.COCC1CCCN1CC(C)(C)C. The predicted octanol–water partition coefficient (Wildman–Crippen LogP) is 14.1. The quantitative estimate of drug-likeness (QED) is 0.189. The lowest BCUT2D eigenvalue weighted by molar-refractivity contribution is 0.0153. The first kappa shape index (κ1) is 92.4. The van der Waals surface area contributed by atoms with E-state index < -0.39 is 0 Å². The molecule has 0 aromatic heterocycles. The molecule has 15 nitrogen and oxygen atoms in total. The summed E-state index contributed by atoms with van der Waals surface area (Å²) < 4.78 is 27.0. The molecule has 8 fully saturated rings. The van der Waals surface area contributed by atoms with E-state index in [4.69, 9.17) is 23.7 Å². The molecular weight excluding hydrogens is 1180 g/mol. The zero-order chi connectivity index (χ0) is 72.5. The molecule has 0 spiro atoms. The van der Waals surface area contributed by atoms with Gasteiger partial charge < -0.3 is 63.1 Å². The number of morpholine rings is 1. The lowest BCUT2D eigenvalue weighted by Gasteiger charge is -2.36. The molecule has 570 valence electrons. The Balaban J connectivity index is 0.000000543. The van der Waals surface area contributed by atoms with Gasteiger partial charge in [0.2, 0.25) is 0 Å². The van der Waals surface area contributed by atoms with E-state index in [-0.39, 0.29) is 6.10 Å². The molecule has 8 aliphatic heterocycles. The fraction of sp³-hybridized carbons (Fsp3) is 1.00. The average Bonchev–Trinajstić information content (AvgIpc) is 2.18. The second kappa shape index (κ2) is 45.5. The summed E-state index contributed by atoms with van der Waals surface area (Å²) in [5.41, 5.74) is 3.33. The summed E-state index contributed by atoms with van der Waals surface area (Å²) in [5.74, 6) is 0. The lowest BCUT2D eigenvalue weighted by Crippen LogP contribution is -2.47. The Morgan fingerprint density at radius 3 is 1.08 bits per heavy atom. The number of likely N-dealkylation sites (N-methyl/N-ethyl adjacent to an activating group) is 2. The normalized spacial score (nSPS) is 23.9. The van der Waals surface area contributed by atoms with Crippen molar-refractivity contribution in [3.8, 4) is 0 Å². The molecule has 0 radical (unpaired) electrons. The van der Waals surface area contributed by atoms with Gasteiger partial charge in [-0.15, -0.1) is 0 Å². The van der Waals surface area contributed by atoms with Gasteiger partial charge in [0.15, 0.2) is 0 Å². The van der Waals surface area contributed by atoms with Crippen molar-refractivity contribution in [2.24, 2.45) is 43.3 Å². The summed E-state index contributed by atoms with van der Waals surface area (Å²) in [7, 11) is 9.79. The van der Waals surface area contributed by atoms with Crippen molar-refractivity contribution in [2.45, 2.75) is 261 Å². The molecule has 3 unspecified atom stereocenters. The van der Waals surface area contributed by atoms with Crippen LogP contribution in [0.4, 0.5) is 0 Å². The van der Waals surface area contributed by atoms with Gasteiger partial charge in [-0.05, 0) is 141 Å². The third-order valence-electron chi connectivity index (χ3n) is 17.7. The predicted molar refractivity (Wildman–Crippen MR) is 411 cm³/mol. The number of aliphatic hydroxyl groups excluding tert-OH is 1. The minimum atomic E-state index is -0.0405. The van der Waals surface area contributed by atoms with Crippen LogP contribution >= 0.6 is 0 Å². The van der Waals surface area contributed by atoms with Crippen molar-refractivity contribution in [3.05, 3.63) is 0 Å². The van der Waals surface area contributed by atoms with E-state index in [1.807, 2.05) is 14.2 Å². The fourth-order valence-electron chi connectivity index (χ4n) is 13.7. The third-order valence-corrected chi connectivity index (χ3v) is 17.7. The minimum absolute atomic E-state index is 0.0405. The summed E-state index contributed by atoms with van der Waals surface area (Å²) in [6.45, 7) is 87.1. The van der Waals surface area contributed by atoms with Gasteiger partial charge in [-0.25, -0.2) is 0 Å². The van der Waals surface area contributed by atoms with Gasteiger partial charge in [0.1, 0.15) is 0 Å². The van der Waals surface area contributed by atoms with Gasteiger partial charge in [-0.3, -0.25) is 9.80 Å². The molecule has 1 N–H and O–H groups in total. The summed E-state index contributed by atoms with van der Waals surface area (Å²) >= 11 is 0. The summed E-state index contributed by atoms with van der Waals surface area (Å²) in [6.07, 6.45) is 13.6. The molecule has 8 rings (SSSR count). The molecule has 0 aromatic carbocycles. The second-order valence-electron chi connectivity index (χ2n) is 39.7. The Kier molecular flexibility index (Phi) is 44.2. The average molecular weight is 1350 g/mol. The molecule has 3 atom stereocenters. The van der Waals surface area contributed by atoms with Crippen LogP contribution in [0.3, 0.4) is 0 Å². The van der Waals surface area contributed by atoms with Crippen molar-refractivity contribution in [1.82, 2.24) is 44.1 Å². The molecular formula is C80H169N9O6. The van der Waals surface area contributed by atoms with Gasteiger partial charge in [-0.1, -0.05) is 166 Å². The van der Waals surface area contributed by atoms with Gasteiger partial charge in [0, 0.05) is 165 Å². The van der Waals surface area contributed by atoms with Gasteiger partial charge in [-0.2, -0.15) is 0 Å². The molecule has 8 saturated heterocycles. The first-order valence-electron chi connectivity index (χ1n) is 38.5. The largest absolute Gasteiger partial charge is 0.393 e. The van der Waals surface area contributed by atoms with Crippen LogP contribution in [0.15, 0.2) is 0 Å². The molecule has 15 heteroatoms. The number of rotatable bonds is 13. The molecule has 8 aliphatic rings. The van der Waals surface area contributed by atoms with Crippen LogP contribution in [0.5, 0.6) is 0 Å². The maximum atomic E-state index is 9.30. The number of piperazine rings is 1. The topological polar surface area (TPSA) is 95.5 Å². The van der Waals surface area contributed by atoms with Crippen LogP contribution in [0.25, 0.3) is 0 Å². The van der Waals surface area contributed by atoms with E-state index in [0.29, 0.717) is 67.7 Å². The molecule has 0 bridgehead atoms. The smallest absolute Gasteiger partial charge is 0.0714 e. The van der Waals surface area contributed by atoms with E-state index in [1.54, 1.807) is 7.11 Å². The Labute approximate surface area is 593 Å². The van der Waals surface area contributed by atoms with Crippen LogP contribution in [-0.2, 0) is 23.7 Å². The van der Waals surface area contributed by atoms with E-state index in [1.165, 1.54) is 163 Å². The maximum Gasteiger partial charge on any atom is 0.0714 e. The number of nitrogens with zero attached hydrogens (tertiary/aromatic N) is 9. The fourth-order valence-corrected chi connectivity index (χ4v) is 13.7. The number of hydrogen-bond donors (Lipinski definition) is 1. The number of ether oxygens (including phenoxy) is 5. The highest BCUT2D eigenvalue weighted by atomic mass is 16.5. The highest BCUT2D eigenvalue weighted by Crippen LogP contribution is 2.26. The van der Waals surface area contributed by atoms with E-state index in [9.17, 15) is 5.11 Å². The highest BCUT2D eigenvalue weighted by molar-refractivity contribution is 4.84. The molecule has 0 aromatic rings. The monoisotopic (exact) mass is 1350 g/mol. The Morgan fingerprint density at radius 1 is 0.337 bits per heavy atom. The summed E-state index contributed by atoms with van der Waals surface area (Å²) in [5, 5.41) is 9.30. The first-order chi connectivity index (χ1) is 43.6. The minimum Gasteiger partial charge on any atom is -0.393 e. The molecule has 0 amide bonds. The maximum absolute atomic E-state index is 9.30. The summed E-state index contributed by atoms with van der Waals surface area (Å²) in [6, 6.07) is 0.671. The van der Waals surface area contributed by atoms with Crippen molar-refractivity contribution >= 4 is 0 Å². The third kappa shape index (κ3) is 53.8. The van der Waals surface area contributed by atoms with E-state index >= 15 is 0 Å². The van der Waals surface area contributed by atoms with Crippen molar-refractivity contribution < 1.29 is 28.8 Å². The van der Waals surface area contributed by atoms with Crippen LogP contribution in [0, 0.1) is 43.3 Å². The summed E-state index contributed by atoms with van der Waals surface area (Å²) in [4.78, 5) is 22.4. The van der Waals surface area contributed by atoms with Crippen LogP contribution in [0.2, 0.25) is 0 Å². The van der Waals surface area contributed by atoms with Crippen molar-refractivity contribution in [2.75, 3.05) is 219 Å². The lowest BCUT2D eigenvalue weighted by atomic mass is 9.94. The highest BCUT2D eigenvalue weighted by Gasteiger charge is 2.30. The zero-order valence-electron chi connectivity index (χ0n) is 69.3. The Morgan fingerprint density at radius 2 is 0.705 bits per heavy atom. The number of aliphatic hydroxyl groups is 1. The number of piperidine rings is 2. The molecule has 0 aliphatic carbocycles. The standard InChI is InChI=1S/2C11H23NO.C10H22N2.3C10H21NO.C9H19NO.C9H19N/c1-11(2,3)9-12-7-5-10(13-4)6-8-12;1-11(2,3)9-12-7-5-6-10(12)8-13-4;1-10(2,3)9-12-7-5-11(4)6-8-12;1-10(2,3)8-11-6-5-9(7-11)12-4;1-10(2,3)8-12-9-5-6-11(4)7-9;1-10(2,3)8-11-6-4-9(12)5-7-11;1-9(2,3)8-10-4-6-11-7-5-10;1-9(2,3)8-10-6-4-5-7-10/h2*10H,5-9H2,1-4H3;5-9H2,1-4H3;2*9H,5-8H2,1-4H3;9,12H,4-8H2,1-3H3;4-8H2,1-3H3;4-8H2,1-3H3. The van der Waals surface area contributed by atoms with Crippen LogP contribution in [-0.4, -0.2) is 299 Å². The Bertz CT molecular complexity index is 1790. The molecule has 95 heavy (non-hydrogen) atoms. The van der Waals surface area contributed by atoms with Gasteiger partial charge >= 0.3 is 0 Å². The Hall–Kier alpha value is -0.600. The van der Waals surface area contributed by atoms with Crippen molar-refractivity contribution in [1.29, 1.82) is 0 Å². The number of hydrogen-bond acceptors (Lipinski definition) is 15. The van der Waals surface area contributed by atoms with Gasteiger partial charge in [0.05, 0.1) is 50.8 Å². The molecule has 0 saturated carbocycles. The zero-order valence-corrected chi connectivity index (χ0v) is 69.3. The van der Waals surface area contributed by atoms with E-state index in [2.05, 4.69) is 224 Å². The van der Waals surface area contributed by atoms with Gasteiger partial charge in [0.25, 0.3) is 0 Å².